The van der Waals surface area contributed by atoms with Gasteiger partial charge < -0.3 is 24.3 Å². The smallest absolute Gasteiger partial charge is 0.251 e. The lowest BCUT2D eigenvalue weighted by Crippen LogP contribution is -2.23. The van der Waals surface area contributed by atoms with Crippen LogP contribution in [0, 0.1) is 0 Å². The zero-order valence-electron chi connectivity index (χ0n) is 17.4. The van der Waals surface area contributed by atoms with Gasteiger partial charge in [-0.2, -0.15) is 0 Å². The van der Waals surface area contributed by atoms with Crippen molar-refractivity contribution in [2.75, 3.05) is 26.9 Å². The molecule has 1 aliphatic heterocycles. The summed E-state index contributed by atoms with van der Waals surface area (Å²) in [5.74, 6) is 1.91. The Hall–Kier alpha value is -2.25. The average molecular weight is 478 g/mol. The summed E-state index contributed by atoms with van der Waals surface area (Å²) in [5, 5.41) is 2.94. The third-order valence-electron chi connectivity index (χ3n) is 4.79. The summed E-state index contributed by atoms with van der Waals surface area (Å²) in [7, 11) is 1.61. The summed E-state index contributed by atoms with van der Waals surface area (Å²) in [5.41, 5.74) is 1.49. The van der Waals surface area contributed by atoms with Crippen molar-refractivity contribution in [2.45, 2.75) is 38.8 Å². The molecule has 0 bridgehead atoms. The Balaban J connectivity index is 1.55. The second-order valence-electron chi connectivity index (χ2n) is 7.11. The lowest BCUT2D eigenvalue weighted by molar-refractivity contribution is 0.0677. The predicted octanol–water partition coefficient (Wildman–Crippen LogP) is 4.73. The number of ether oxygens (including phenoxy) is 4. The predicted molar refractivity (Wildman–Crippen MR) is 119 cm³/mol. The van der Waals surface area contributed by atoms with Crippen LogP contribution in [0.2, 0.25) is 0 Å². The molecule has 2 aromatic rings. The van der Waals surface area contributed by atoms with E-state index >= 15 is 0 Å². The number of carbonyl (C=O) groups is 1. The van der Waals surface area contributed by atoms with Crippen molar-refractivity contribution in [2.24, 2.45) is 0 Å². The summed E-state index contributed by atoms with van der Waals surface area (Å²) in [6.07, 6.45) is 3.17. The highest BCUT2D eigenvalue weighted by molar-refractivity contribution is 9.10. The Kier molecular flexibility index (Phi) is 8.39. The zero-order valence-corrected chi connectivity index (χ0v) is 19.0. The lowest BCUT2D eigenvalue weighted by Gasteiger charge is -2.14. The molecule has 0 aromatic heterocycles. The van der Waals surface area contributed by atoms with Gasteiger partial charge in [0, 0.05) is 18.7 Å². The van der Waals surface area contributed by atoms with E-state index in [9.17, 15) is 4.79 Å². The van der Waals surface area contributed by atoms with E-state index in [1.807, 2.05) is 18.2 Å². The molecule has 30 heavy (non-hydrogen) atoms. The average Bonchev–Trinajstić information content (AvgIpc) is 3.29. The van der Waals surface area contributed by atoms with Crippen molar-refractivity contribution in [3.8, 4) is 17.2 Å². The van der Waals surface area contributed by atoms with Gasteiger partial charge in [-0.05, 0) is 71.1 Å². The number of methoxy groups -OCH3 is 1. The standard InChI is InChI=1S/C23H28BrNO5/c1-3-10-29-21-8-6-16(12-22(21)27-2)14-25-23(26)17-7-9-20(19(24)13-17)30-15-18-5-4-11-28-18/h6-9,12-13,18H,3-5,10-11,14-15H2,1-2H3,(H,25,26). The molecule has 1 fully saturated rings. The molecule has 0 saturated carbocycles. The first-order valence-corrected chi connectivity index (χ1v) is 11.0. The van der Waals surface area contributed by atoms with E-state index in [2.05, 4.69) is 28.2 Å². The lowest BCUT2D eigenvalue weighted by atomic mass is 10.1. The van der Waals surface area contributed by atoms with Crippen molar-refractivity contribution in [3.05, 3.63) is 52.0 Å². The first-order valence-electron chi connectivity index (χ1n) is 10.2. The molecule has 0 radical (unpaired) electrons. The molecule has 1 unspecified atom stereocenters. The number of rotatable bonds is 10. The quantitative estimate of drug-likeness (QED) is 0.535. The molecule has 7 heteroatoms. The van der Waals surface area contributed by atoms with E-state index in [-0.39, 0.29) is 12.0 Å². The third kappa shape index (κ3) is 6.12. The maximum atomic E-state index is 12.6. The molecule has 1 amide bonds. The SMILES string of the molecule is CCCOc1ccc(CNC(=O)c2ccc(OCC3CCCO3)c(Br)c2)cc1OC. The van der Waals surface area contributed by atoms with Crippen LogP contribution in [0.1, 0.15) is 42.1 Å². The van der Waals surface area contributed by atoms with Crippen LogP contribution in [0.3, 0.4) is 0 Å². The van der Waals surface area contributed by atoms with E-state index in [0.717, 1.165) is 35.9 Å². The molecule has 1 aliphatic rings. The Bertz CT molecular complexity index is 851. The largest absolute Gasteiger partial charge is 0.493 e. The molecule has 2 aromatic carbocycles. The van der Waals surface area contributed by atoms with Crippen LogP contribution >= 0.6 is 15.9 Å². The van der Waals surface area contributed by atoms with Gasteiger partial charge in [0.2, 0.25) is 0 Å². The minimum absolute atomic E-state index is 0.149. The van der Waals surface area contributed by atoms with Gasteiger partial charge in [0.15, 0.2) is 11.5 Å². The Labute approximate surface area is 186 Å². The van der Waals surface area contributed by atoms with E-state index in [1.165, 1.54) is 0 Å². The molecule has 0 spiro atoms. The second kappa shape index (κ2) is 11.2. The minimum Gasteiger partial charge on any atom is -0.493 e. The van der Waals surface area contributed by atoms with Crippen molar-refractivity contribution in [3.63, 3.8) is 0 Å². The summed E-state index contributed by atoms with van der Waals surface area (Å²) in [6.45, 7) is 4.39. The van der Waals surface area contributed by atoms with Gasteiger partial charge in [-0.15, -0.1) is 0 Å². The van der Waals surface area contributed by atoms with Gasteiger partial charge in [0.1, 0.15) is 12.4 Å². The van der Waals surface area contributed by atoms with Crippen LogP contribution < -0.4 is 19.5 Å². The van der Waals surface area contributed by atoms with Crippen LogP contribution in [0.15, 0.2) is 40.9 Å². The van der Waals surface area contributed by atoms with Gasteiger partial charge >= 0.3 is 0 Å². The Morgan fingerprint density at radius 3 is 2.70 bits per heavy atom. The number of carbonyl (C=O) groups excluding carboxylic acids is 1. The van der Waals surface area contributed by atoms with E-state index in [1.54, 1.807) is 25.3 Å². The van der Waals surface area contributed by atoms with Crippen LogP contribution in [0.25, 0.3) is 0 Å². The third-order valence-corrected chi connectivity index (χ3v) is 5.41. The normalized spacial score (nSPS) is 15.6. The highest BCUT2D eigenvalue weighted by Gasteiger charge is 2.17. The highest BCUT2D eigenvalue weighted by atomic mass is 79.9. The molecule has 0 aliphatic carbocycles. The fourth-order valence-electron chi connectivity index (χ4n) is 3.16. The molecule has 1 saturated heterocycles. The number of benzene rings is 2. The molecule has 6 nitrogen and oxygen atoms in total. The second-order valence-corrected chi connectivity index (χ2v) is 7.96. The van der Waals surface area contributed by atoms with Crippen molar-refractivity contribution in [1.29, 1.82) is 0 Å². The van der Waals surface area contributed by atoms with Crippen LogP contribution in [0.4, 0.5) is 0 Å². The monoisotopic (exact) mass is 477 g/mol. The van der Waals surface area contributed by atoms with Gasteiger partial charge in [-0.1, -0.05) is 13.0 Å². The molecule has 1 atom stereocenters. The first-order chi connectivity index (χ1) is 14.6. The number of nitrogens with one attached hydrogen (secondary N) is 1. The van der Waals surface area contributed by atoms with Crippen molar-refractivity contribution in [1.82, 2.24) is 5.32 Å². The molecule has 162 valence electrons. The molecular weight excluding hydrogens is 450 g/mol. The Morgan fingerprint density at radius 1 is 1.17 bits per heavy atom. The van der Waals surface area contributed by atoms with Crippen LogP contribution in [0.5, 0.6) is 17.2 Å². The van der Waals surface area contributed by atoms with E-state index in [0.29, 0.717) is 42.6 Å². The fourth-order valence-corrected chi connectivity index (χ4v) is 3.65. The summed E-state index contributed by atoms with van der Waals surface area (Å²) in [6, 6.07) is 11.0. The molecular formula is C23H28BrNO5. The van der Waals surface area contributed by atoms with Crippen molar-refractivity contribution < 1.29 is 23.7 Å². The summed E-state index contributed by atoms with van der Waals surface area (Å²) in [4.78, 5) is 12.6. The minimum atomic E-state index is -0.161. The van der Waals surface area contributed by atoms with E-state index in [4.69, 9.17) is 18.9 Å². The first kappa shape index (κ1) is 22.4. The zero-order chi connectivity index (χ0) is 21.3. The van der Waals surface area contributed by atoms with Crippen LogP contribution in [-0.2, 0) is 11.3 Å². The molecule has 1 N–H and O–H groups in total. The number of halogens is 1. The number of hydrogen-bond acceptors (Lipinski definition) is 5. The highest BCUT2D eigenvalue weighted by Crippen LogP contribution is 2.29. The molecule has 3 rings (SSSR count). The fraction of sp³-hybridized carbons (Fsp3) is 0.435. The van der Waals surface area contributed by atoms with Crippen LogP contribution in [-0.4, -0.2) is 38.9 Å². The maximum Gasteiger partial charge on any atom is 0.251 e. The topological polar surface area (TPSA) is 66.0 Å². The van der Waals surface area contributed by atoms with Gasteiger partial charge in [-0.25, -0.2) is 0 Å². The van der Waals surface area contributed by atoms with Crippen molar-refractivity contribution >= 4 is 21.8 Å². The van der Waals surface area contributed by atoms with Gasteiger partial charge in [0.25, 0.3) is 5.91 Å². The number of hydrogen-bond donors (Lipinski definition) is 1. The number of amides is 1. The molecule has 1 heterocycles. The maximum absolute atomic E-state index is 12.6. The summed E-state index contributed by atoms with van der Waals surface area (Å²) >= 11 is 3.49. The Morgan fingerprint density at radius 2 is 2.00 bits per heavy atom. The summed E-state index contributed by atoms with van der Waals surface area (Å²) < 4.78 is 23.2. The van der Waals surface area contributed by atoms with Gasteiger partial charge in [-0.3, -0.25) is 4.79 Å². The van der Waals surface area contributed by atoms with Gasteiger partial charge in [0.05, 0.1) is 24.3 Å². The van der Waals surface area contributed by atoms with E-state index < -0.39 is 0 Å².